The van der Waals surface area contributed by atoms with Crippen molar-refractivity contribution < 1.29 is 4.79 Å². The molecule has 4 aromatic carbocycles. The summed E-state index contributed by atoms with van der Waals surface area (Å²) in [5, 5.41) is 5.09. The second kappa shape index (κ2) is 9.25. The van der Waals surface area contributed by atoms with E-state index in [0.717, 1.165) is 49.2 Å². The highest BCUT2D eigenvalue weighted by molar-refractivity contribution is 6.12. The lowest BCUT2D eigenvalue weighted by Crippen LogP contribution is -2.45. The molecule has 1 saturated heterocycles. The van der Waals surface area contributed by atoms with Crippen LogP contribution in [0.1, 0.15) is 15.9 Å². The molecule has 0 spiro atoms. The lowest BCUT2D eigenvalue weighted by Gasteiger charge is -2.36. The predicted molar refractivity (Wildman–Crippen MR) is 132 cm³/mol. The number of benzene rings is 4. The summed E-state index contributed by atoms with van der Waals surface area (Å²) >= 11 is 0. The summed E-state index contributed by atoms with van der Waals surface area (Å²) in [6.07, 6.45) is 0. The van der Waals surface area contributed by atoms with Gasteiger partial charge in [0.25, 0.3) is 5.91 Å². The molecule has 1 fully saturated rings. The smallest absolute Gasteiger partial charge is 0.256 e. The second-order valence-corrected chi connectivity index (χ2v) is 8.28. The molecule has 4 aromatic rings. The zero-order valence-electron chi connectivity index (χ0n) is 18.1. The molecule has 32 heavy (non-hydrogen) atoms. The van der Waals surface area contributed by atoms with Crippen LogP contribution in [-0.2, 0) is 6.54 Å². The average molecular weight is 422 g/mol. The molecule has 0 saturated carbocycles. The Morgan fingerprint density at radius 3 is 2.19 bits per heavy atom. The van der Waals surface area contributed by atoms with Gasteiger partial charge in [0.2, 0.25) is 0 Å². The first kappa shape index (κ1) is 20.3. The van der Waals surface area contributed by atoms with Crippen LogP contribution in [-0.4, -0.2) is 37.0 Å². The number of piperazine rings is 1. The minimum absolute atomic E-state index is 0.0796. The lowest BCUT2D eigenvalue weighted by atomic mass is 10.0. The Balaban J connectivity index is 1.20. The Kier molecular flexibility index (Phi) is 5.86. The van der Waals surface area contributed by atoms with Gasteiger partial charge >= 0.3 is 0 Å². The average Bonchev–Trinajstić information content (AvgIpc) is 2.85. The molecule has 1 aliphatic rings. The molecule has 0 atom stereocenters. The van der Waals surface area contributed by atoms with Crippen LogP contribution in [0.4, 0.5) is 11.4 Å². The molecule has 0 aliphatic carbocycles. The van der Waals surface area contributed by atoms with Crippen LogP contribution in [0.25, 0.3) is 10.8 Å². The zero-order valence-corrected chi connectivity index (χ0v) is 18.1. The first-order valence-electron chi connectivity index (χ1n) is 11.2. The van der Waals surface area contributed by atoms with E-state index in [9.17, 15) is 4.79 Å². The van der Waals surface area contributed by atoms with Crippen LogP contribution in [0.3, 0.4) is 0 Å². The Morgan fingerprint density at radius 2 is 1.41 bits per heavy atom. The van der Waals surface area contributed by atoms with Crippen molar-refractivity contribution in [1.82, 2.24) is 4.90 Å². The molecule has 4 heteroatoms. The SMILES string of the molecule is O=C(Nc1ccc(N2CCN(Cc3ccccc3)CC2)cc1)c1cccc2ccccc12. The fourth-order valence-electron chi connectivity index (χ4n) is 4.38. The first-order valence-corrected chi connectivity index (χ1v) is 11.2. The van der Waals surface area contributed by atoms with Crippen molar-refractivity contribution in [3.05, 3.63) is 108 Å². The van der Waals surface area contributed by atoms with Crippen molar-refractivity contribution in [3.63, 3.8) is 0 Å². The van der Waals surface area contributed by atoms with E-state index in [0.29, 0.717) is 5.56 Å². The largest absolute Gasteiger partial charge is 0.369 e. The van der Waals surface area contributed by atoms with Gasteiger partial charge in [-0.3, -0.25) is 9.69 Å². The van der Waals surface area contributed by atoms with Gasteiger partial charge in [-0.2, -0.15) is 0 Å². The van der Waals surface area contributed by atoms with Crippen molar-refractivity contribution in [2.75, 3.05) is 36.4 Å². The molecular formula is C28H27N3O. The molecule has 1 heterocycles. The van der Waals surface area contributed by atoms with E-state index in [1.807, 2.05) is 54.6 Å². The van der Waals surface area contributed by atoms with Crippen LogP contribution in [0.2, 0.25) is 0 Å². The number of nitrogens with one attached hydrogen (secondary N) is 1. The molecule has 4 nitrogen and oxygen atoms in total. The lowest BCUT2D eigenvalue weighted by molar-refractivity contribution is 0.102. The highest BCUT2D eigenvalue weighted by atomic mass is 16.1. The van der Waals surface area contributed by atoms with Crippen molar-refractivity contribution in [2.24, 2.45) is 0 Å². The van der Waals surface area contributed by atoms with Gasteiger partial charge in [-0.05, 0) is 46.7 Å². The summed E-state index contributed by atoms with van der Waals surface area (Å²) in [5.41, 5.74) is 4.08. The van der Waals surface area contributed by atoms with Gasteiger partial charge in [-0.25, -0.2) is 0 Å². The maximum Gasteiger partial charge on any atom is 0.256 e. The maximum absolute atomic E-state index is 12.9. The van der Waals surface area contributed by atoms with E-state index >= 15 is 0 Å². The standard InChI is InChI=1S/C28H27N3O/c32-28(27-12-6-10-23-9-4-5-11-26(23)27)29-24-13-15-25(16-14-24)31-19-17-30(18-20-31)21-22-7-2-1-3-8-22/h1-16H,17-21H2,(H,29,32). The van der Waals surface area contributed by atoms with Gasteiger partial charge in [0.15, 0.2) is 0 Å². The monoisotopic (exact) mass is 421 g/mol. The van der Waals surface area contributed by atoms with Gasteiger partial charge in [0.1, 0.15) is 0 Å². The van der Waals surface area contributed by atoms with E-state index in [2.05, 4.69) is 57.6 Å². The van der Waals surface area contributed by atoms with Crippen LogP contribution >= 0.6 is 0 Å². The van der Waals surface area contributed by atoms with Crippen LogP contribution < -0.4 is 10.2 Å². The van der Waals surface area contributed by atoms with Crippen LogP contribution in [0.5, 0.6) is 0 Å². The molecule has 5 rings (SSSR count). The van der Waals surface area contributed by atoms with E-state index < -0.39 is 0 Å². The van der Waals surface area contributed by atoms with E-state index in [4.69, 9.17) is 0 Å². The molecular weight excluding hydrogens is 394 g/mol. The van der Waals surface area contributed by atoms with E-state index in [1.54, 1.807) is 0 Å². The van der Waals surface area contributed by atoms with Crippen molar-refractivity contribution in [1.29, 1.82) is 0 Å². The van der Waals surface area contributed by atoms with Crippen molar-refractivity contribution in [2.45, 2.75) is 6.54 Å². The highest BCUT2D eigenvalue weighted by Gasteiger charge is 2.17. The molecule has 0 bridgehead atoms. The third-order valence-corrected chi connectivity index (χ3v) is 6.15. The summed E-state index contributed by atoms with van der Waals surface area (Å²) in [4.78, 5) is 17.8. The summed E-state index contributed by atoms with van der Waals surface area (Å²) in [5.74, 6) is -0.0796. The van der Waals surface area contributed by atoms with Gasteiger partial charge in [0, 0.05) is 49.7 Å². The first-order chi connectivity index (χ1) is 15.8. The maximum atomic E-state index is 12.9. The van der Waals surface area contributed by atoms with E-state index in [1.165, 1.54) is 11.3 Å². The molecule has 160 valence electrons. The normalized spacial score (nSPS) is 14.4. The minimum atomic E-state index is -0.0796. The molecule has 0 aromatic heterocycles. The molecule has 1 amide bonds. The molecule has 0 unspecified atom stereocenters. The number of fused-ring (bicyclic) bond motifs is 1. The summed E-state index contributed by atoms with van der Waals surface area (Å²) in [6, 6.07) is 32.7. The Labute approximate surface area is 189 Å². The number of anilines is 2. The minimum Gasteiger partial charge on any atom is -0.369 e. The number of hydrogen-bond donors (Lipinski definition) is 1. The Hall–Kier alpha value is -3.63. The molecule has 1 aliphatic heterocycles. The topological polar surface area (TPSA) is 35.6 Å². The number of amides is 1. The Morgan fingerprint density at radius 1 is 0.719 bits per heavy atom. The Bertz CT molecular complexity index is 1190. The highest BCUT2D eigenvalue weighted by Crippen LogP contribution is 2.23. The van der Waals surface area contributed by atoms with Crippen molar-refractivity contribution in [3.8, 4) is 0 Å². The van der Waals surface area contributed by atoms with Crippen molar-refractivity contribution >= 4 is 28.1 Å². The number of nitrogens with zero attached hydrogens (tertiary/aromatic N) is 2. The summed E-state index contributed by atoms with van der Waals surface area (Å²) in [7, 11) is 0. The predicted octanol–water partition coefficient (Wildman–Crippen LogP) is 5.41. The fourth-order valence-corrected chi connectivity index (χ4v) is 4.38. The number of carbonyl (C=O) groups excluding carboxylic acids is 1. The van der Waals surface area contributed by atoms with E-state index in [-0.39, 0.29) is 5.91 Å². The fraction of sp³-hybridized carbons (Fsp3) is 0.179. The quantitative estimate of drug-likeness (QED) is 0.468. The third-order valence-electron chi connectivity index (χ3n) is 6.15. The number of carbonyl (C=O) groups is 1. The van der Waals surface area contributed by atoms with Gasteiger partial charge in [-0.1, -0.05) is 66.7 Å². The van der Waals surface area contributed by atoms with Gasteiger partial charge < -0.3 is 10.2 Å². The number of hydrogen-bond acceptors (Lipinski definition) is 3. The summed E-state index contributed by atoms with van der Waals surface area (Å²) < 4.78 is 0. The molecule has 1 N–H and O–H groups in total. The molecule has 0 radical (unpaired) electrons. The van der Waals surface area contributed by atoms with Gasteiger partial charge in [-0.15, -0.1) is 0 Å². The van der Waals surface area contributed by atoms with Crippen LogP contribution in [0, 0.1) is 0 Å². The number of rotatable bonds is 5. The third kappa shape index (κ3) is 4.51. The second-order valence-electron chi connectivity index (χ2n) is 8.28. The van der Waals surface area contributed by atoms with Crippen LogP contribution in [0.15, 0.2) is 97.1 Å². The summed E-state index contributed by atoms with van der Waals surface area (Å²) in [6.45, 7) is 5.12. The zero-order chi connectivity index (χ0) is 21.8. The van der Waals surface area contributed by atoms with Gasteiger partial charge in [0.05, 0.1) is 0 Å².